The molecule has 0 atom stereocenters. The molecule has 4 heteroatoms. The van der Waals surface area contributed by atoms with Gasteiger partial charge in [0.15, 0.2) is 0 Å². The van der Waals surface area contributed by atoms with Crippen molar-refractivity contribution in [3.63, 3.8) is 0 Å². The fourth-order valence-electron chi connectivity index (χ4n) is 3.09. The van der Waals surface area contributed by atoms with Gasteiger partial charge in [-0.05, 0) is 31.9 Å². The first kappa shape index (κ1) is 18.9. The molecule has 3 rings (SSSR count). The smallest absolute Gasteiger partial charge is 0.312 e. The number of hydrogen-bond donors (Lipinski definition) is 0. The van der Waals surface area contributed by atoms with Gasteiger partial charge in [0.05, 0.1) is 11.4 Å². The summed E-state index contributed by atoms with van der Waals surface area (Å²) in [6.07, 6.45) is 3.37. The third-order valence-electron chi connectivity index (χ3n) is 4.53. The standard InChI is InChI=1S/C23H26N2O2/c1-4-5-7-12-23(26)27-22-16-20(19-10-8-6-9-11-19)24-25(22)21-14-13-17(2)15-18(21)3/h6,8-11,13-16H,4-5,7,12H2,1-3H3. The Morgan fingerprint density at radius 3 is 2.52 bits per heavy atom. The summed E-state index contributed by atoms with van der Waals surface area (Å²) in [5.74, 6) is 0.247. The zero-order valence-electron chi connectivity index (χ0n) is 16.2. The van der Waals surface area contributed by atoms with Crippen LogP contribution < -0.4 is 4.74 Å². The molecular weight excluding hydrogens is 336 g/mol. The summed E-state index contributed by atoms with van der Waals surface area (Å²) in [4.78, 5) is 12.3. The van der Waals surface area contributed by atoms with Gasteiger partial charge in [-0.1, -0.05) is 67.8 Å². The zero-order chi connectivity index (χ0) is 19.2. The molecule has 1 aromatic heterocycles. The fraction of sp³-hybridized carbons (Fsp3) is 0.304. The van der Waals surface area contributed by atoms with Crippen molar-refractivity contribution in [2.24, 2.45) is 0 Å². The Kier molecular flexibility index (Phi) is 6.07. The third-order valence-corrected chi connectivity index (χ3v) is 4.53. The van der Waals surface area contributed by atoms with E-state index in [4.69, 9.17) is 9.84 Å². The molecule has 0 aliphatic heterocycles. The van der Waals surface area contributed by atoms with Gasteiger partial charge in [0.25, 0.3) is 0 Å². The van der Waals surface area contributed by atoms with Crippen molar-refractivity contribution in [2.45, 2.75) is 46.5 Å². The first-order valence-electron chi connectivity index (χ1n) is 9.52. The number of rotatable bonds is 7. The largest absolute Gasteiger partial charge is 0.407 e. The molecule has 0 radical (unpaired) electrons. The van der Waals surface area contributed by atoms with E-state index < -0.39 is 0 Å². The first-order chi connectivity index (χ1) is 13.1. The van der Waals surface area contributed by atoms with Gasteiger partial charge in [-0.2, -0.15) is 9.78 Å². The number of benzene rings is 2. The van der Waals surface area contributed by atoms with Crippen LogP contribution in [0.5, 0.6) is 5.88 Å². The van der Waals surface area contributed by atoms with Crippen LogP contribution in [0.25, 0.3) is 16.9 Å². The first-order valence-corrected chi connectivity index (χ1v) is 9.52. The van der Waals surface area contributed by atoms with Crippen molar-refractivity contribution < 1.29 is 9.53 Å². The number of carbonyl (C=O) groups is 1. The number of aromatic nitrogens is 2. The molecule has 0 fully saturated rings. The molecule has 0 amide bonds. The minimum absolute atomic E-state index is 0.214. The van der Waals surface area contributed by atoms with E-state index >= 15 is 0 Å². The van der Waals surface area contributed by atoms with Gasteiger partial charge < -0.3 is 4.74 Å². The highest BCUT2D eigenvalue weighted by molar-refractivity contribution is 5.73. The predicted octanol–water partition coefficient (Wildman–Crippen LogP) is 5.64. The lowest BCUT2D eigenvalue weighted by molar-refractivity contribution is -0.134. The number of aryl methyl sites for hydroxylation is 2. The molecule has 3 aromatic rings. The molecule has 0 spiro atoms. The predicted molar refractivity (Wildman–Crippen MR) is 108 cm³/mol. The zero-order valence-corrected chi connectivity index (χ0v) is 16.2. The maximum atomic E-state index is 12.3. The average molecular weight is 362 g/mol. The minimum Gasteiger partial charge on any atom is -0.407 e. The van der Waals surface area contributed by atoms with Crippen LogP contribution in [0.1, 0.15) is 43.7 Å². The molecule has 0 unspecified atom stereocenters. The molecule has 0 aliphatic rings. The van der Waals surface area contributed by atoms with Crippen LogP contribution in [-0.2, 0) is 4.79 Å². The van der Waals surface area contributed by atoms with E-state index in [1.807, 2.05) is 55.5 Å². The summed E-state index contributed by atoms with van der Waals surface area (Å²) < 4.78 is 7.43. The van der Waals surface area contributed by atoms with Crippen LogP contribution in [0.2, 0.25) is 0 Å². The second-order valence-corrected chi connectivity index (χ2v) is 6.87. The van der Waals surface area contributed by atoms with E-state index in [1.54, 1.807) is 4.68 Å². The summed E-state index contributed by atoms with van der Waals surface area (Å²) in [7, 11) is 0. The second kappa shape index (κ2) is 8.67. The molecule has 0 aliphatic carbocycles. The Balaban J connectivity index is 1.97. The highest BCUT2D eigenvalue weighted by Gasteiger charge is 2.17. The number of carbonyl (C=O) groups excluding carboxylic acids is 1. The highest BCUT2D eigenvalue weighted by atomic mass is 16.5. The summed E-state index contributed by atoms with van der Waals surface area (Å²) in [5, 5.41) is 4.73. The topological polar surface area (TPSA) is 44.1 Å². The molecule has 0 N–H and O–H groups in total. The van der Waals surface area contributed by atoms with Crippen LogP contribution in [0.3, 0.4) is 0 Å². The van der Waals surface area contributed by atoms with Gasteiger partial charge in [0.1, 0.15) is 0 Å². The molecule has 140 valence electrons. The number of hydrogen-bond acceptors (Lipinski definition) is 3. The molecule has 0 saturated carbocycles. The van der Waals surface area contributed by atoms with Crippen LogP contribution in [0.4, 0.5) is 0 Å². The van der Waals surface area contributed by atoms with Gasteiger partial charge >= 0.3 is 5.97 Å². The van der Waals surface area contributed by atoms with Crippen LogP contribution in [0.15, 0.2) is 54.6 Å². The van der Waals surface area contributed by atoms with Crippen LogP contribution >= 0.6 is 0 Å². The van der Waals surface area contributed by atoms with Gasteiger partial charge in [0.2, 0.25) is 5.88 Å². The monoisotopic (exact) mass is 362 g/mol. The molecule has 0 bridgehead atoms. The minimum atomic E-state index is -0.214. The van der Waals surface area contributed by atoms with E-state index in [-0.39, 0.29) is 5.97 Å². The van der Waals surface area contributed by atoms with Crippen LogP contribution in [0, 0.1) is 13.8 Å². The van der Waals surface area contributed by atoms with Crippen LogP contribution in [-0.4, -0.2) is 15.7 Å². The Bertz CT molecular complexity index is 913. The van der Waals surface area contributed by atoms with Gasteiger partial charge in [-0.15, -0.1) is 0 Å². The fourth-order valence-corrected chi connectivity index (χ4v) is 3.09. The Labute approximate surface area is 160 Å². The van der Waals surface area contributed by atoms with E-state index in [0.717, 1.165) is 41.8 Å². The molecule has 0 saturated heterocycles. The lowest BCUT2D eigenvalue weighted by Crippen LogP contribution is -2.11. The van der Waals surface area contributed by atoms with Crippen molar-refractivity contribution >= 4 is 5.97 Å². The van der Waals surface area contributed by atoms with E-state index in [9.17, 15) is 4.79 Å². The molecule has 2 aromatic carbocycles. The average Bonchev–Trinajstić information content (AvgIpc) is 3.06. The normalized spacial score (nSPS) is 10.8. The van der Waals surface area contributed by atoms with Gasteiger partial charge in [-0.25, -0.2) is 0 Å². The molecular formula is C23H26N2O2. The quantitative estimate of drug-likeness (QED) is 0.403. The lowest BCUT2D eigenvalue weighted by Gasteiger charge is -2.11. The lowest BCUT2D eigenvalue weighted by atomic mass is 10.1. The number of nitrogens with zero attached hydrogens (tertiary/aromatic N) is 2. The van der Waals surface area contributed by atoms with Crippen molar-refractivity contribution in [3.05, 3.63) is 65.7 Å². The molecule has 27 heavy (non-hydrogen) atoms. The molecule has 4 nitrogen and oxygen atoms in total. The summed E-state index contributed by atoms with van der Waals surface area (Å²) >= 11 is 0. The van der Waals surface area contributed by atoms with E-state index in [2.05, 4.69) is 19.9 Å². The third kappa shape index (κ3) is 4.64. The maximum Gasteiger partial charge on any atom is 0.312 e. The summed E-state index contributed by atoms with van der Waals surface area (Å²) in [6.45, 7) is 6.22. The van der Waals surface area contributed by atoms with Crippen molar-refractivity contribution in [3.8, 4) is 22.8 Å². The number of unbranched alkanes of at least 4 members (excludes halogenated alkanes) is 2. The highest BCUT2D eigenvalue weighted by Crippen LogP contribution is 2.28. The van der Waals surface area contributed by atoms with Gasteiger partial charge in [0, 0.05) is 18.1 Å². The summed E-state index contributed by atoms with van der Waals surface area (Å²) in [6, 6.07) is 17.9. The number of ether oxygens (including phenoxy) is 1. The van der Waals surface area contributed by atoms with Gasteiger partial charge in [-0.3, -0.25) is 4.79 Å². The second-order valence-electron chi connectivity index (χ2n) is 6.87. The van der Waals surface area contributed by atoms with Crippen molar-refractivity contribution in [2.75, 3.05) is 0 Å². The summed E-state index contributed by atoms with van der Waals surface area (Å²) in [5.41, 5.74) is 4.96. The van der Waals surface area contributed by atoms with Crippen molar-refractivity contribution in [1.29, 1.82) is 0 Å². The molecule has 1 heterocycles. The van der Waals surface area contributed by atoms with Crippen molar-refractivity contribution in [1.82, 2.24) is 9.78 Å². The SMILES string of the molecule is CCCCCC(=O)Oc1cc(-c2ccccc2)nn1-c1ccc(C)cc1C. The Morgan fingerprint density at radius 2 is 1.81 bits per heavy atom. The number of esters is 1. The van der Waals surface area contributed by atoms with E-state index in [1.165, 1.54) is 5.56 Å². The van der Waals surface area contributed by atoms with E-state index in [0.29, 0.717) is 12.3 Å². The Morgan fingerprint density at radius 1 is 1.04 bits per heavy atom. The maximum absolute atomic E-state index is 12.3. The Hall–Kier alpha value is -2.88.